The van der Waals surface area contributed by atoms with E-state index in [1.807, 2.05) is 36.7 Å². The van der Waals surface area contributed by atoms with E-state index in [-0.39, 0.29) is 6.04 Å². The second-order valence-electron chi connectivity index (χ2n) is 6.31. The fourth-order valence-corrected chi connectivity index (χ4v) is 3.55. The average molecular weight is 321 g/mol. The lowest BCUT2D eigenvalue weighted by Gasteiger charge is -2.28. The largest absolute Gasteiger partial charge is 0.478 e. The van der Waals surface area contributed by atoms with Gasteiger partial charge in [0.05, 0.1) is 22.8 Å². The van der Waals surface area contributed by atoms with Crippen molar-refractivity contribution < 1.29 is 9.90 Å². The number of imidazole rings is 1. The molecular weight excluding hydrogens is 302 g/mol. The molecule has 0 radical (unpaired) electrons. The molecule has 2 heterocycles. The first-order valence-electron chi connectivity index (χ1n) is 8.10. The number of hydrogen-bond donors (Lipinski definition) is 2. The topological polar surface area (TPSA) is 67.1 Å². The van der Waals surface area contributed by atoms with E-state index >= 15 is 0 Å². The number of nitrogens with zero attached hydrogens (tertiary/aromatic N) is 2. The highest BCUT2D eigenvalue weighted by Gasteiger charge is 2.27. The zero-order chi connectivity index (χ0) is 16.8. The summed E-state index contributed by atoms with van der Waals surface area (Å²) in [5, 5.41) is 13.2. The van der Waals surface area contributed by atoms with Gasteiger partial charge in [0.1, 0.15) is 11.3 Å². The van der Waals surface area contributed by atoms with Crippen molar-refractivity contribution in [2.75, 3.05) is 5.32 Å². The summed E-state index contributed by atoms with van der Waals surface area (Å²) in [5.74, 6) is -0.00895. The summed E-state index contributed by atoms with van der Waals surface area (Å²) in [6.07, 6.45) is 1.60. The van der Waals surface area contributed by atoms with E-state index in [4.69, 9.17) is 0 Å². The van der Waals surface area contributed by atoms with E-state index in [9.17, 15) is 9.90 Å². The molecule has 122 valence electrons. The molecule has 2 aromatic carbocycles. The van der Waals surface area contributed by atoms with E-state index in [1.165, 1.54) is 5.56 Å². The highest BCUT2D eigenvalue weighted by Crippen LogP contribution is 2.39. The number of carboxylic acids is 1. The maximum atomic E-state index is 11.7. The van der Waals surface area contributed by atoms with Gasteiger partial charge in [-0.1, -0.05) is 30.3 Å². The number of aryl methyl sites for hydroxylation is 2. The Bertz CT molecular complexity index is 944. The number of rotatable bonds is 2. The Balaban J connectivity index is 1.91. The van der Waals surface area contributed by atoms with Crippen molar-refractivity contribution in [3.05, 3.63) is 58.9 Å². The van der Waals surface area contributed by atoms with Crippen LogP contribution in [0.3, 0.4) is 0 Å². The number of nitrogens with one attached hydrogen (secondary N) is 1. The Hall–Kier alpha value is -2.82. The molecule has 0 amide bonds. The van der Waals surface area contributed by atoms with Crippen LogP contribution in [0.15, 0.2) is 36.4 Å². The number of aromatic carboxylic acids is 1. The maximum absolute atomic E-state index is 11.7. The number of fused-ring (bicyclic) bond motifs is 3. The summed E-state index contributed by atoms with van der Waals surface area (Å²) in [4.78, 5) is 16.4. The van der Waals surface area contributed by atoms with Crippen LogP contribution in [-0.2, 0) is 13.5 Å². The first-order valence-corrected chi connectivity index (χ1v) is 8.10. The molecule has 0 aliphatic carbocycles. The van der Waals surface area contributed by atoms with Crippen molar-refractivity contribution in [2.45, 2.75) is 25.8 Å². The summed E-state index contributed by atoms with van der Waals surface area (Å²) in [5.41, 5.74) is 5.03. The van der Waals surface area contributed by atoms with E-state index in [1.54, 1.807) is 6.07 Å². The van der Waals surface area contributed by atoms with Gasteiger partial charge in [0.25, 0.3) is 0 Å². The zero-order valence-corrected chi connectivity index (χ0v) is 13.7. The second-order valence-corrected chi connectivity index (χ2v) is 6.31. The van der Waals surface area contributed by atoms with E-state index in [0.717, 1.165) is 41.0 Å². The molecule has 1 unspecified atom stereocenters. The van der Waals surface area contributed by atoms with Crippen LogP contribution >= 0.6 is 0 Å². The molecule has 0 saturated heterocycles. The summed E-state index contributed by atoms with van der Waals surface area (Å²) in [7, 11) is 1.92. The van der Waals surface area contributed by atoms with Gasteiger partial charge in [-0.3, -0.25) is 0 Å². The zero-order valence-electron chi connectivity index (χ0n) is 13.7. The van der Waals surface area contributed by atoms with Gasteiger partial charge in [-0.15, -0.1) is 0 Å². The van der Waals surface area contributed by atoms with E-state index in [2.05, 4.69) is 22.4 Å². The quantitative estimate of drug-likeness (QED) is 0.755. The highest BCUT2D eigenvalue weighted by molar-refractivity contribution is 6.01. The molecule has 0 saturated carbocycles. The molecule has 5 heteroatoms. The molecule has 1 aromatic heterocycles. The fourth-order valence-electron chi connectivity index (χ4n) is 3.55. The normalized spacial score (nSPS) is 16.7. The molecule has 0 fully saturated rings. The lowest BCUT2D eigenvalue weighted by Crippen LogP contribution is -2.20. The first kappa shape index (κ1) is 14.8. The molecule has 0 spiro atoms. The predicted octanol–water partition coefficient (Wildman–Crippen LogP) is 3.68. The Morgan fingerprint density at radius 2 is 2.08 bits per heavy atom. The van der Waals surface area contributed by atoms with Gasteiger partial charge < -0.3 is 15.0 Å². The molecule has 1 aliphatic rings. The third-order valence-corrected chi connectivity index (χ3v) is 4.94. The fraction of sp³-hybridized carbons (Fsp3) is 0.263. The van der Waals surface area contributed by atoms with Crippen LogP contribution in [0.2, 0.25) is 0 Å². The lowest BCUT2D eigenvalue weighted by molar-refractivity contribution is 0.0695. The minimum absolute atomic E-state index is 0.174. The minimum atomic E-state index is -0.882. The third kappa shape index (κ3) is 2.16. The number of carbonyl (C=O) groups is 1. The Morgan fingerprint density at radius 3 is 2.79 bits per heavy atom. The molecule has 5 nitrogen and oxygen atoms in total. The molecule has 1 aliphatic heterocycles. The molecule has 2 N–H and O–H groups in total. The van der Waals surface area contributed by atoms with Gasteiger partial charge in [0, 0.05) is 7.05 Å². The summed E-state index contributed by atoms with van der Waals surface area (Å²) in [6.45, 7) is 1.93. The number of carboxylic acid groups (broad SMARTS) is 1. The maximum Gasteiger partial charge on any atom is 0.336 e. The van der Waals surface area contributed by atoms with Gasteiger partial charge in [-0.05, 0) is 37.0 Å². The monoisotopic (exact) mass is 321 g/mol. The van der Waals surface area contributed by atoms with Gasteiger partial charge in [0.2, 0.25) is 0 Å². The third-order valence-electron chi connectivity index (χ3n) is 4.94. The number of aromatic nitrogens is 2. The summed E-state index contributed by atoms with van der Waals surface area (Å²) >= 11 is 0. The number of benzene rings is 2. The standard InChI is InChI=1S/C19H19N3O2/c1-11-20-18-16(22(11)2)10-14(19(23)24)13-8-9-15(21-17(13)18)12-6-4-3-5-7-12/h3-7,10,15,21H,8-9H2,1-2H3,(H,23,24). The van der Waals surface area contributed by atoms with Crippen LogP contribution in [-0.4, -0.2) is 20.6 Å². The Kier molecular flexibility index (Phi) is 3.30. The molecule has 24 heavy (non-hydrogen) atoms. The van der Waals surface area contributed by atoms with Crippen LogP contribution in [0, 0.1) is 6.92 Å². The van der Waals surface area contributed by atoms with Gasteiger partial charge in [-0.2, -0.15) is 0 Å². The average Bonchev–Trinajstić information content (AvgIpc) is 2.89. The van der Waals surface area contributed by atoms with E-state index in [0.29, 0.717) is 5.56 Å². The molecule has 4 rings (SSSR count). The SMILES string of the molecule is Cc1nc2c3c(c(C(=O)O)cc2n1C)CCC(c1ccccc1)N3. The van der Waals surface area contributed by atoms with Crippen molar-refractivity contribution in [2.24, 2.45) is 7.05 Å². The lowest BCUT2D eigenvalue weighted by atomic mass is 9.90. The predicted molar refractivity (Wildman–Crippen MR) is 93.5 cm³/mol. The second kappa shape index (κ2) is 5.37. The van der Waals surface area contributed by atoms with Crippen molar-refractivity contribution in [1.82, 2.24) is 9.55 Å². The van der Waals surface area contributed by atoms with Crippen LogP contribution in [0.4, 0.5) is 5.69 Å². The number of anilines is 1. The molecule has 3 aromatic rings. The first-order chi connectivity index (χ1) is 11.6. The minimum Gasteiger partial charge on any atom is -0.478 e. The van der Waals surface area contributed by atoms with E-state index < -0.39 is 5.97 Å². The van der Waals surface area contributed by atoms with Crippen molar-refractivity contribution in [3.8, 4) is 0 Å². The summed E-state index contributed by atoms with van der Waals surface area (Å²) < 4.78 is 1.94. The highest BCUT2D eigenvalue weighted by atomic mass is 16.4. The number of hydrogen-bond acceptors (Lipinski definition) is 3. The van der Waals surface area contributed by atoms with Crippen molar-refractivity contribution in [1.29, 1.82) is 0 Å². The smallest absolute Gasteiger partial charge is 0.336 e. The Morgan fingerprint density at radius 1 is 1.33 bits per heavy atom. The van der Waals surface area contributed by atoms with Crippen LogP contribution in [0.5, 0.6) is 0 Å². The summed E-state index contributed by atoms with van der Waals surface area (Å²) in [6, 6.07) is 12.2. The van der Waals surface area contributed by atoms with Crippen molar-refractivity contribution >= 4 is 22.7 Å². The molecular formula is C19H19N3O2. The van der Waals surface area contributed by atoms with Gasteiger partial charge >= 0.3 is 5.97 Å². The van der Waals surface area contributed by atoms with Crippen LogP contribution in [0.1, 0.15) is 39.8 Å². The van der Waals surface area contributed by atoms with Crippen LogP contribution in [0.25, 0.3) is 11.0 Å². The Labute approximate surface area is 139 Å². The molecule has 0 bridgehead atoms. The van der Waals surface area contributed by atoms with Crippen LogP contribution < -0.4 is 5.32 Å². The van der Waals surface area contributed by atoms with Gasteiger partial charge in [0.15, 0.2) is 0 Å². The van der Waals surface area contributed by atoms with Gasteiger partial charge in [-0.25, -0.2) is 9.78 Å². The molecule has 1 atom stereocenters. The van der Waals surface area contributed by atoms with Crippen molar-refractivity contribution in [3.63, 3.8) is 0 Å².